The minimum atomic E-state index is -3.31. The summed E-state index contributed by atoms with van der Waals surface area (Å²) >= 11 is 0. The number of benzene rings is 1. The van der Waals surface area contributed by atoms with Gasteiger partial charge in [0.15, 0.2) is 9.84 Å². The van der Waals surface area contributed by atoms with Crippen LogP contribution < -0.4 is 4.74 Å². The lowest BCUT2D eigenvalue weighted by Gasteiger charge is -2.20. The fourth-order valence-electron chi connectivity index (χ4n) is 3.19. The molecule has 1 amide bonds. The third kappa shape index (κ3) is 4.66. The minimum absolute atomic E-state index is 0.00443. The van der Waals surface area contributed by atoms with Crippen molar-refractivity contribution in [3.05, 3.63) is 59.8 Å². The Labute approximate surface area is 160 Å². The second kappa shape index (κ2) is 8.08. The first kappa shape index (κ1) is 19.4. The second-order valence-electron chi connectivity index (χ2n) is 6.90. The van der Waals surface area contributed by atoms with E-state index in [0.717, 1.165) is 5.56 Å². The first-order valence-electron chi connectivity index (χ1n) is 9.05. The van der Waals surface area contributed by atoms with E-state index in [0.29, 0.717) is 24.4 Å². The number of ether oxygens (including phenoxy) is 1. The third-order valence-corrected chi connectivity index (χ3v) is 6.67. The van der Waals surface area contributed by atoms with E-state index in [2.05, 4.69) is 4.98 Å². The highest BCUT2D eigenvalue weighted by Gasteiger charge is 2.32. The standard InChI is InChI=1S/C20H24N2O4S/c1-15(2)26-19-9-8-17(14-21-19)20(23)22-11-10-18(27(24,25)13-12-22)16-6-4-3-5-7-16/h3-9,14-15,18H,10-13H2,1-2H3/t18-/m0/s1. The van der Waals surface area contributed by atoms with Gasteiger partial charge in [-0.2, -0.15) is 0 Å². The van der Waals surface area contributed by atoms with Crippen LogP contribution in [0.4, 0.5) is 0 Å². The van der Waals surface area contributed by atoms with Gasteiger partial charge in [0, 0.05) is 25.4 Å². The van der Waals surface area contributed by atoms with Gasteiger partial charge in [0.25, 0.3) is 5.91 Å². The van der Waals surface area contributed by atoms with Crippen LogP contribution in [0.15, 0.2) is 48.7 Å². The highest BCUT2D eigenvalue weighted by atomic mass is 32.2. The number of carbonyl (C=O) groups excluding carboxylic acids is 1. The lowest BCUT2D eigenvalue weighted by molar-refractivity contribution is 0.0766. The molecular formula is C20H24N2O4S. The molecule has 1 aliphatic heterocycles. The highest BCUT2D eigenvalue weighted by Crippen LogP contribution is 2.29. The molecule has 0 saturated carbocycles. The molecule has 0 unspecified atom stereocenters. The fraction of sp³-hybridized carbons (Fsp3) is 0.400. The van der Waals surface area contributed by atoms with E-state index in [1.807, 2.05) is 44.2 Å². The normalized spacial score (nSPS) is 19.5. The van der Waals surface area contributed by atoms with Gasteiger partial charge in [0.2, 0.25) is 5.88 Å². The molecule has 27 heavy (non-hydrogen) atoms. The molecule has 144 valence electrons. The number of sulfone groups is 1. The molecule has 3 rings (SSSR count). The van der Waals surface area contributed by atoms with Gasteiger partial charge in [-0.3, -0.25) is 4.79 Å². The Morgan fingerprint density at radius 1 is 1.15 bits per heavy atom. The third-order valence-electron chi connectivity index (χ3n) is 4.54. The monoisotopic (exact) mass is 388 g/mol. The van der Waals surface area contributed by atoms with E-state index in [1.165, 1.54) is 6.20 Å². The summed E-state index contributed by atoms with van der Waals surface area (Å²) < 4.78 is 30.9. The van der Waals surface area contributed by atoms with Crippen molar-refractivity contribution in [2.24, 2.45) is 0 Å². The molecular weight excluding hydrogens is 364 g/mol. The maximum absolute atomic E-state index is 12.8. The first-order valence-corrected chi connectivity index (χ1v) is 10.8. The molecule has 0 bridgehead atoms. The number of pyridine rings is 1. The molecule has 6 nitrogen and oxygen atoms in total. The van der Waals surface area contributed by atoms with Crippen LogP contribution in [-0.4, -0.2) is 49.2 Å². The molecule has 1 saturated heterocycles. The smallest absolute Gasteiger partial charge is 0.255 e. The van der Waals surface area contributed by atoms with Gasteiger partial charge in [0.1, 0.15) is 0 Å². The number of hydrogen-bond donors (Lipinski definition) is 0. The van der Waals surface area contributed by atoms with Gasteiger partial charge >= 0.3 is 0 Å². The SMILES string of the molecule is CC(C)Oc1ccc(C(=O)N2CC[C@@H](c3ccccc3)S(=O)(=O)CC2)cn1. The molecule has 1 aliphatic rings. The van der Waals surface area contributed by atoms with Crippen molar-refractivity contribution in [3.63, 3.8) is 0 Å². The van der Waals surface area contributed by atoms with E-state index in [4.69, 9.17) is 4.74 Å². The van der Waals surface area contributed by atoms with Crippen molar-refractivity contribution >= 4 is 15.7 Å². The molecule has 0 radical (unpaired) electrons. The van der Waals surface area contributed by atoms with E-state index in [9.17, 15) is 13.2 Å². The van der Waals surface area contributed by atoms with Gasteiger partial charge in [-0.25, -0.2) is 13.4 Å². The Morgan fingerprint density at radius 3 is 2.52 bits per heavy atom. The van der Waals surface area contributed by atoms with Crippen molar-refractivity contribution in [3.8, 4) is 5.88 Å². The van der Waals surface area contributed by atoms with Crippen LogP contribution >= 0.6 is 0 Å². The Hall–Kier alpha value is -2.41. The Kier molecular flexibility index (Phi) is 5.79. The maximum atomic E-state index is 12.8. The van der Waals surface area contributed by atoms with Gasteiger partial charge in [-0.05, 0) is 31.9 Å². The van der Waals surface area contributed by atoms with Gasteiger partial charge < -0.3 is 9.64 Å². The Morgan fingerprint density at radius 2 is 1.89 bits per heavy atom. The van der Waals surface area contributed by atoms with Crippen LogP contribution in [0, 0.1) is 0 Å². The van der Waals surface area contributed by atoms with Crippen molar-refractivity contribution in [1.29, 1.82) is 0 Å². The van der Waals surface area contributed by atoms with Crippen molar-refractivity contribution in [2.45, 2.75) is 31.6 Å². The minimum Gasteiger partial charge on any atom is -0.475 e. The van der Waals surface area contributed by atoms with Gasteiger partial charge in [0.05, 0.1) is 22.7 Å². The number of nitrogens with zero attached hydrogens (tertiary/aromatic N) is 2. The van der Waals surface area contributed by atoms with Crippen LogP contribution in [0.25, 0.3) is 0 Å². The summed E-state index contributed by atoms with van der Waals surface area (Å²) in [6.07, 6.45) is 1.87. The molecule has 2 aromatic rings. The molecule has 1 aromatic heterocycles. The second-order valence-corrected chi connectivity index (χ2v) is 9.20. The molecule has 0 aliphatic carbocycles. The number of rotatable bonds is 4. The molecule has 1 fully saturated rings. The summed E-state index contributed by atoms with van der Waals surface area (Å²) in [5, 5.41) is -0.573. The zero-order valence-corrected chi connectivity index (χ0v) is 16.4. The van der Waals surface area contributed by atoms with Crippen LogP contribution in [0.2, 0.25) is 0 Å². The average molecular weight is 388 g/mol. The van der Waals surface area contributed by atoms with Gasteiger partial charge in [-0.15, -0.1) is 0 Å². The Balaban J connectivity index is 1.74. The van der Waals surface area contributed by atoms with Crippen LogP contribution in [0.1, 0.15) is 41.4 Å². The molecule has 0 spiro atoms. The lowest BCUT2D eigenvalue weighted by Crippen LogP contribution is -2.33. The summed E-state index contributed by atoms with van der Waals surface area (Å²) in [4.78, 5) is 18.5. The van der Waals surface area contributed by atoms with E-state index in [1.54, 1.807) is 17.0 Å². The summed E-state index contributed by atoms with van der Waals surface area (Å²) in [5.41, 5.74) is 1.21. The largest absolute Gasteiger partial charge is 0.475 e. The Bertz CT molecular complexity index is 880. The number of aromatic nitrogens is 1. The van der Waals surface area contributed by atoms with E-state index >= 15 is 0 Å². The number of carbonyl (C=O) groups is 1. The predicted octanol–water partition coefficient (Wildman–Crippen LogP) is 2.87. The number of hydrogen-bond acceptors (Lipinski definition) is 5. The van der Waals surface area contributed by atoms with Crippen molar-refractivity contribution in [2.75, 3.05) is 18.8 Å². The summed E-state index contributed by atoms with van der Waals surface area (Å²) in [6, 6.07) is 12.5. The first-order chi connectivity index (χ1) is 12.9. The zero-order chi connectivity index (χ0) is 19.4. The van der Waals surface area contributed by atoms with Crippen LogP contribution in [0.5, 0.6) is 5.88 Å². The maximum Gasteiger partial charge on any atom is 0.255 e. The van der Waals surface area contributed by atoms with E-state index < -0.39 is 15.1 Å². The lowest BCUT2D eigenvalue weighted by atomic mass is 10.1. The van der Waals surface area contributed by atoms with Crippen LogP contribution in [-0.2, 0) is 9.84 Å². The molecule has 2 heterocycles. The molecule has 0 N–H and O–H groups in total. The number of amides is 1. The average Bonchev–Trinajstić information content (AvgIpc) is 2.80. The zero-order valence-electron chi connectivity index (χ0n) is 15.5. The summed E-state index contributed by atoms with van der Waals surface area (Å²) in [6.45, 7) is 4.39. The summed E-state index contributed by atoms with van der Waals surface area (Å²) in [5.74, 6) is 0.215. The predicted molar refractivity (Wildman–Crippen MR) is 103 cm³/mol. The molecule has 1 aromatic carbocycles. The van der Waals surface area contributed by atoms with Crippen molar-refractivity contribution in [1.82, 2.24) is 9.88 Å². The quantitative estimate of drug-likeness (QED) is 0.805. The van der Waals surface area contributed by atoms with Crippen molar-refractivity contribution < 1.29 is 17.9 Å². The van der Waals surface area contributed by atoms with E-state index in [-0.39, 0.29) is 24.3 Å². The molecule has 7 heteroatoms. The summed E-state index contributed by atoms with van der Waals surface area (Å²) in [7, 11) is -3.31. The molecule has 1 atom stereocenters. The fourth-order valence-corrected chi connectivity index (χ4v) is 4.99. The van der Waals surface area contributed by atoms with Gasteiger partial charge in [-0.1, -0.05) is 30.3 Å². The topological polar surface area (TPSA) is 76.6 Å². The van der Waals surface area contributed by atoms with Crippen LogP contribution in [0.3, 0.4) is 0 Å². The highest BCUT2D eigenvalue weighted by molar-refractivity contribution is 7.91.